The molecule has 0 aliphatic heterocycles. The summed E-state index contributed by atoms with van der Waals surface area (Å²) in [4.78, 5) is 10.9. The van der Waals surface area contributed by atoms with Crippen LogP contribution in [-0.2, 0) is 4.79 Å². The third kappa shape index (κ3) is 2.40. The van der Waals surface area contributed by atoms with Gasteiger partial charge in [-0.2, -0.15) is 0 Å². The van der Waals surface area contributed by atoms with E-state index in [0.29, 0.717) is 5.75 Å². The average molecular weight is 209 g/mol. The summed E-state index contributed by atoms with van der Waals surface area (Å²) in [6.45, 7) is 1.65. The molecule has 0 heterocycles. The molecule has 4 nitrogen and oxygen atoms in total. The summed E-state index contributed by atoms with van der Waals surface area (Å²) in [5.74, 6) is -0.737. The second kappa shape index (κ2) is 4.68. The Morgan fingerprint density at radius 2 is 2.20 bits per heavy atom. The van der Waals surface area contributed by atoms with Gasteiger partial charge in [-0.15, -0.1) is 0 Å². The zero-order valence-electron chi connectivity index (χ0n) is 9.07. The molecule has 0 saturated carbocycles. The maximum Gasteiger partial charge on any atom is 0.310 e. The van der Waals surface area contributed by atoms with Gasteiger partial charge in [0.2, 0.25) is 0 Å². The normalized spacial score (nSPS) is 11.9. The molecule has 0 aliphatic carbocycles. The van der Waals surface area contributed by atoms with Crippen LogP contribution in [0.4, 0.5) is 5.69 Å². The van der Waals surface area contributed by atoms with Crippen LogP contribution in [0, 0.1) is 0 Å². The Morgan fingerprint density at radius 1 is 1.53 bits per heavy atom. The molecular formula is C11H15NO3. The molecule has 0 radical (unpaired) electrons. The van der Waals surface area contributed by atoms with E-state index in [1.165, 1.54) is 0 Å². The van der Waals surface area contributed by atoms with Gasteiger partial charge in [0.25, 0.3) is 0 Å². The minimum atomic E-state index is -0.847. The van der Waals surface area contributed by atoms with Crippen LogP contribution in [0.15, 0.2) is 18.2 Å². The summed E-state index contributed by atoms with van der Waals surface area (Å²) in [7, 11) is 3.32. The molecule has 0 spiro atoms. The standard InChI is InChI=1S/C11H15NO3/c1-7(11(13)14)9-6-8(15-3)4-5-10(9)12-2/h4-7,12H,1-3H3,(H,13,14). The molecule has 0 aromatic heterocycles. The van der Waals surface area contributed by atoms with E-state index in [9.17, 15) is 4.79 Å². The van der Waals surface area contributed by atoms with Crippen LogP contribution < -0.4 is 10.1 Å². The molecule has 0 saturated heterocycles. The van der Waals surface area contributed by atoms with E-state index in [2.05, 4.69) is 5.32 Å². The van der Waals surface area contributed by atoms with Crippen molar-refractivity contribution in [2.75, 3.05) is 19.5 Å². The van der Waals surface area contributed by atoms with Crippen LogP contribution in [0.25, 0.3) is 0 Å². The highest BCUT2D eigenvalue weighted by Gasteiger charge is 2.17. The van der Waals surface area contributed by atoms with Crippen LogP contribution >= 0.6 is 0 Å². The number of benzene rings is 1. The quantitative estimate of drug-likeness (QED) is 0.795. The number of carbonyl (C=O) groups is 1. The molecule has 1 aromatic carbocycles. The maximum atomic E-state index is 10.9. The molecule has 2 N–H and O–H groups in total. The summed E-state index contributed by atoms with van der Waals surface area (Å²) in [5.41, 5.74) is 1.54. The Morgan fingerprint density at radius 3 is 2.67 bits per heavy atom. The highest BCUT2D eigenvalue weighted by molar-refractivity contribution is 5.78. The van der Waals surface area contributed by atoms with Gasteiger partial charge < -0.3 is 15.2 Å². The lowest BCUT2D eigenvalue weighted by molar-refractivity contribution is -0.138. The molecule has 15 heavy (non-hydrogen) atoms. The number of aliphatic carboxylic acids is 1. The summed E-state index contributed by atoms with van der Waals surface area (Å²) in [6, 6.07) is 5.35. The number of nitrogens with one attached hydrogen (secondary N) is 1. The monoisotopic (exact) mass is 209 g/mol. The number of ether oxygens (including phenoxy) is 1. The van der Waals surface area contributed by atoms with Gasteiger partial charge in [0.15, 0.2) is 0 Å². The minimum absolute atomic E-state index is 0.553. The third-order valence-corrected chi connectivity index (χ3v) is 2.37. The first-order valence-corrected chi connectivity index (χ1v) is 4.68. The van der Waals surface area contributed by atoms with Crippen LogP contribution in [0.2, 0.25) is 0 Å². The van der Waals surface area contributed by atoms with Gasteiger partial charge in [-0.05, 0) is 30.7 Å². The second-order valence-electron chi connectivity index (χ2n) is 3.26. The molecule has 0 fully saturated rings. The lowest BCUT2D eigenvalue weighted by Gasteiger charge is -2.14. The number of carboxylic acids is 1. The van der Waals surface area contributed by atoms with E-state index in [1.807, 2.05) is 6.07 Å². The molecule has 1 unspecified atom stereocenters. The highest BCUT2D eigenvalue weighted by Crippen LogP contribution is 2.28. The first kappa shape index (κ1) is 11.4. The Bertz CT molecular complexity index is 363. The number of rotatable bonds is 4. The fourth-order valence-corrected chi connectivity index (χ4v) is 1.39. The molecular weight excluding hydrogens is 194 g/mol. The van der Waals surface area contributed by atoms with E-state index >= 15 is 0 Å². The van der Waals surface area contributed by atoms with Crippen molar-refractivity contribution in [2.24, 2.45) is 0 Å². The summed E-state index contributed by atoms with van der Waals surface area (Å²) in [5, 5.41) is 11.9. The molecule has 1 atom stereocenters. The molecule has 0 aliphatic rings. The molecule has 1 rings (SSSR count). The first-order valence-electron chi connectivity index (χ1n) is 4.68. The van der Waals surface area contributed by atoms with Crippen molar-refractivity contribution in [3.63, 3.8) is 0 Å². The Kier molecular flexibility index (Phi) is 3.55. The number of anilines is 1. The van der Waals surface area contributed by atoms with Gasteiger partial charge in [-0.25, -0.2) is 0 Å². The maximum absolute atomic E-state index is 10.9. The van der Waals surface area contributed by atoms with E-state index in [1.54, 1.807) is 33.2 Å². The Balaban J connectivity index is 3.16. The van der Waals surface area contributed by atoms with Crippen molar-refractivity contribution in [3.05, 3.63) is 23.8 Å². The van der Waals surface area contributed by atoms with Gasteiger partial charge in [0, 0.05) is 12.7 Å². The first-order chi connectivity index (χ1) is 7.10. The predicted octanol–water partition coefficient (Wildman–Crippen LogP) is 1.93. The van der Waals surface area contributed by atoms with Gasteiger partial charge in [0.05, 0.1) is 13.0 Å². The van der Waals surface area contributed by atoms with E-state index in [0.717, 1.165) is 11.3 Å². The number of hydrogen-bond donors (Lipinski definition) is 2. The van der Waals surface area contributed by atoms with Crippen molar-refractivity contribution in [1.29, 1.82) is 0 Å². The SMILES string of the molecule is CNc1ccc(OC)cc1C(C)C(=O)O. The molecule has 0 amide bonds. The van der Waals surface area contributed by atoms with Gasteiger partial charge in [-0.3, -0.25) is 4.79 Å². The minimum Gasteiger partial charge on any atom is -0.497 e. The fourth-order valence-electron chi connectivity index (χ4n) is 1.39. The molecule has 82 valence electrons. The smallest absolute Gasteiger partial charge is 0.310 e. The van der Waals surface area contributed by atoms with Crippen LogP contribution in [0.1, 0.15) is 18.4 Å². The number of methoxy groups -OCH3 is 1. The largest absolute Gasteiger partial charge is 0.497 e. The van der Waals surface area contributed by atoms with Crippen molar-refractivity contribution in [3.8, 4) is 5.75 Å². The lowest BCUT2D eigenvalue weighted by atomic mass is 9.99. The van der Waals surface area contributed by atoms with Crippen molar-refractivity contribution in [2.45, 2.75) is 12.8 Å². The Hall–Kier alpha value is -1.71. The molecule has 1 aromatic rings. The molecule has 4 heteroatoms. The summed E-state index contributed by atoms with van der Waals surface area (Å²) < 4.78 is 5.06. The third-order valence-electron chi connectivity index (χ3n) is 2.37. The fraction of sp³-hybridized carbons (Fsp3) is 0.364. The van der Waals surface area contributed by atoms with Crippen molar-refractivity contribution >= 4 is 11.7 Å². The van der Waals surface area contributed by atoms with E-state index in [4.69, 9.17) is 9.84 Å². The van der Waals surface area contributed by atoms with Gasteiger partial charge in [-0.1, -0.05) is 0 Å². The summed E-state index contributed by atoms with van der Waals surface area (Å²) in [6.07, 6.45) is 0. The number of carboxylic acid groups (broad SMARTS) is 1. The van der Waals surface area contributed by atoms with Gasteiger partial charge in [0.1, 0.15) is 5.75 Å². The van der Waals surface area contributed by atoms with Crippen LogP contribution in [0.3, 0.4) is 0 Å². The van der Waals surface area contributed by atoms with Crippen LogP contribution in [-0.4, -0.2) is 25.2 Å². The van der Waals surface area contributed by atoms with E-state index < -0.39 is 11.9 Å². The summed E-state index contributed by atoms with van der Waals surface area (Å²) >= 11 is 0. The van der Waals surface area contributed by atoms with Crippen molar-refractivity contribution < 1.29 is 14.6 Å². The Labute approximate surface area is 88.9 Å². The molecule has 0 bridgehead atoms. The number of hydrogen-bond acceptors (Lipinski definition) is 3. The lowest BCUT2D eigenvalue weighted by Crippen LogP contribution is -2.10. The van der Waals surface area contributed by atoms with Crippen LogP contribution in [0.5, 0.6) is 5.75 Å². The topological polar surface area (TPSA) is 58.6 Å². The zero-order chi connectivity index (χ0) is 11.4. The zero-order valence-corrected chi connectivity index (χ0v) is 9.07. The average Bonchev–Trinajstić information content (AvgIpc) is 2.27. The second-order valence-corrected chi connectivity index (χ2v) is 3.26. The van der Waals surface area contributed by atoms with Gasteiger partial charge >= 0.3 is 5.97 Å². The predicted molar refractivity (Wildman–Crippen MR) is 58.6 cm³/mol. The highest BCUT2D eigenvalue weighted by atomic mass is 16.5. The van der Waals surface area contributed by atoms with E-state index in [-0.39, 0.29) is 0 Å². The van der Waals surface area contributed by atoms with Crippen molar-refractivity contribution in [1.82, 2.24) is 0 Å².